The zero-order chi connectivity index (χ0) is 33.3. The van der Waals surface area contributed by atoms with Crippen LogP contribution in [0.1, 0.15) is 67.3 Å². The van der Waals surface area contributed by atoms with Crippen molar-refractivity contribution in [2.45, 2.75) is 69.4 Å². The van der Waals surface area contributed by atoms with Gasteiger partial charge in [-0.3, -0.25) is 14.4 Å². The van der Waals surface area contributed by atoms with Crippen LogP contribution < -0.4 is 20.7 Å². The Morgan fingerprint density at radius 1 is 0.896 bits per heavy atom. The second-order valence-electron chi connectivity index (χ2n) is 13.9. The van der Waals surface area contributed by atoms with Gasteiger partial charge in [0.05, 0.1) is 7.11 Å². The molecule has 3 amide bonds. The van der Waals surface area contributed by atoms with Crippen LogP contribution in [0.15, 0.2) is 66.7 Å². The van der Waals surface area contributed by atoms with Crippen molar-refractivity contribution in [2.24, 2.45) is 11.8 Å². The fourth-order valence-corrected chi connectivity index (χ4v) is 7.56. The predicted octanol–water partition coefficient (Wildman–Crippen LogP) is 4.87. The molecule has 1 aliphatic carbocycles. The third kappa shape index (κ3) is 8.55. The van der Waals surface area contributed by atoms with Crippen molar-refractivity contribution in [3.05, 3.63) is 77.9 Å². The van der Waals surface area contributed by atoms with Gasteiger partial charge in [-0.25, -0.2) is 0 Å². The molecule has 2 saturated heterocycles. The maximum Gasteiger partial charge on any atom is 0.252 e. The summed E-state index contributed by atoms with van der Waals surface area (Å²) in [4.78, 5) is 44.0. The van der Waals surface area contributed by atoms with Gasteiger partial charge in [-0.15, -0.1) is 0 Å². The lowest BCUT2D eigenvalue weighted by molar-refractivity contribution is -0.132. The molecule has 9 heteroatoms. The summed E-state index contributed by atoms with van der Waals surface area (Å²) >= 11 is 0. The molecule has 1 saturated carbocycles. The van der Waals surface area contributed by atoms with Gasteiger partial charge in [-0.05, 0) is 104 Å². The van der Waals surface area contributed by atoms with Gasteiger partial charge in [0, 0.05) is 38.3 Å². The van der Waals surface area contributed by atoms with Crippen molar-refractivity contribution in [3.8, 4) is 5.75 Å². The normalized spacial score (nSPS) is 19.4. The standard InChI is InChI=1S/C39H50N4O5/c1-47-34-12-11-31-24-33(10-9-32(31)25-34)36(44)42-39(17-5-6-18-39)38(46)41-35(23-28-7-3-2-4-8-28)37(45)40-26-29-13-19-43(20-14-29)27-30-15-21-48-22-16-30/h2-4,7-12,24-25,29-30,35H,5-6,13-23,26-27H2,1H3,(H,40,45)(H,41,46)(H,42,44)/t35-/m1/s1. The summed E-state index contributed by atoms with van der Waals surface area (Å²) in [5.41, 5.74) is 0.388. The van der Waals surface area contributed by atoms with Gasteiger partial charge < -0.3 is 30.3 Å². The molecule has 9 nitrogen and oxygen atoms in total. The van der Waals surface area contributed by atoms with E-state index in [9.17, 15) is 14.4 Å². The number of hydrogen-bond acceptors (Lipinski definition) is 6. The van der Waals surface area contributed by atoms with Gasteiger partial charge in [0.1, 0.15) is 17.3 Å². The molecular formula is C39H50N4O5. The minimum Gasteiger partial charge on any atom is -0.497 e. The molecule has 256 valence electrons. The van der Waals surface area contributed by atoms with E-state index in [1.54, 1.807) is 13.2 Å². The maximum absolute atomic E-state index is 14.1. The molecule has 3 fully saturated rings. The molecule has 3 aromatic carbocycles. The number of rotatable bonds is 12. The molecule has 0 aromatic heterocycles. The highest BCUT2D eigenvalue weighted by molar-refractivity contribution is 6.02. The predicted molar refractivity (Wildman–Crippen MR) is 187 cm³/mol. The van der Waals surface area contributed by atoms with Gasteiger partial charge in [0.25, 0.3) is 5.91 Å². The average Bonchev–Trinajstić information content (AvgIpc) is 3.61. The number of carbonyl (C=O) groups excluding carboxylic acids is 3. The van der Waals surface area contributed by atoms with Crippen molar-refractivity contribution < 1.29 is 23.9 Å². The summed E-state index contributed by atoms with van der Waals surface area (Å²) in [6.45, 7) is 5.60. The molecule has 48 heavy (non-hydrogen) atoms. The molecule has 3 aliphatic rings. The van der Waals surface area contributed by atoms with Gasteiger partial charge in [0.2, 0.25) is 11.8 Å². The smallest absolute Gasteiger partial charge is 0.252 e. The Kier molecular flexibility index (Phi) is 11.3. The Balaban J connectivity index is 1.09. The topological polar surface area (TPSA) is 109 Å². The Bertz CT molecular complexity index is 1540. The summed E-state index contributed by atoms with van der Waals surface area (Å²) in [6, 6.07) is 20.3. The average molecular weight is 655 g/mol. The van der Waals surface area contributed by atoms with Crippen LogP contribution in [0, 0.1) is 11.8 Å². The van der Waals surface area contributed by atoms with Crippen LogP contribution in [0.4, 0.5) is 0 Å². The van der Waals surface area contributed by atoms with Crippen molar-refractivity contribution in [1.29, 1.82) is 0 Å². The third-order valence-corrected chi connectivity index (χ3v) is 10.6. The summed E-state index contributed by atoms with van der Waals surface area (Å²) in [5.74, 6) is 1.12. The largest absolute Gasteiger partial charge is 0.497 e. The van der Waals surface area contributed by atoms with Gasteiger partial charge in [-0.1, -0.05) is 55.3 Å². The van der Waals surface area contributed by atoms with E-state index in [4.69, 9.17) is 9.47 Å². The molecule has 0 spiro atoms. The van der Waals surface area contributed by atoms with Crippen molar-refractivity contribution in [2.75, 3.05) is 46.5 Å². The van der Waals surface area contributed by atoms with Crippen LogP contribution in [0.5, 0.6) is 5.75 Å². The van der Waals surface area contributed by atoms with E-state index in [2.05, 4.69) is 20.9 Å². The van der Waals surface area contributed by atoms with Gasteiger partial charge >= 0.3 is 0 Å². The summed E-state index contributed by atoms with van der Waals surface area (Å²) in [6.07, 6.45) is 7.49. The van der Waals surface area contributed by atoms with Gasteiger partial charge in [0.15, 0.2) is 0 Å². The molecule has 3 N–H and O–H groups in total. The van der Waals surface area contributed by atoms with E-state index in [-0.39, 0.29) is 17.7 Å². The first-order valence-corrected chi connectivity index (χ1v) is 17.7. The minimum absolute atomic E-state index is 0.179. The number of likely N-dealkylation sites (tertiary alicyclic amines) is 1. The molecule has 1 atom stereocenters. The monoisotopic (exact) mass is 654 g/mol. The third-order valence-electron chi connectivity index (χ3n) is 10.6. The fourth-order valence-electron chi connectivity index (χ4n) is 7.56. The summed E-state index contributed by atoms with van der Waals surface area (Å²) < 4.78 is 10.9. The number of methoxy groups -OCH3 is 1. The SMILES string of the molecule is COc1ccc2cc(C(=O)NC3(C(=O)N[C@H](Cc4ccccc4)C(=O)NCC4CCN(CC5CCOCC5)CC4)CCCC3)ccc2c1. The molecule has 0 unspecified atom stereocenters. The first-order valence-electron chi connectivity index (χ1n) is 17.7. The number of amides is 3. The number of nitrogens with zero attached hydrogens (tertiary/aromatic N) is 1. The number of carbonyl (C=O) groups is 3. The molecule has 6 rings (SSSR count). The number of ether oxygens (including phenoxy) is 2. The molecule has 3 aromatic rings. The van der Waals surface area contributed by atoms with E-state index in [0.717, 1.165) is 99.4 Å². The van der Waals surface area contributed by atoms with Crippen LogP contribution in [-0.4, -0.2) is 80.7 Å². The fraction of sp³-hybridized carbons (Fsp3) is 0.513. The Hall–Kier alpha value is -3.95. The van der Waals surface area contributed by atoms with Crippen LogP contribution in [0.3, 0.4) is 0 Å². The van der Waals surface area contributed by atoms with Crippen molar-refractivity contribution in [1.82, 2.24) is 20.9 Å². The Morgan fingerprint density at radius 3 is 2.33 bits per heavy atom. The van der Waals surface area contributed by atoms with E-state index in [1.165, 1.54) is 0 Å². The highest BCUT2D eigenvalue weighted by Gasteiger charge is 2.44. The zero-order valence-corrected chi connectivity index (χ0v) is 28.2. The van der Waals surface area contributed by atoms with Crippen LogP contribution >= 0.6 is 0 Å². The van der Waals surface area contributed by atoms with Crippen molar-refractivity contribution >= 4 is 28.5 Å². The van der Waals surface area contributed by atoms with E-state index < -0.39 is 11.6 Å². The molecule has 0 radical (unpaired) electrons. The van der Waals surface area contributed by atoms with E-state index >= 15 is 0 Å². The lowest BCUT2D eigenvalue weighted by Crippen LogP contribution is -2.61. The Labute approximate surface area is 284 Å². The van der Waals surface area contributed by atoms with Gasteiger partial charge in [-0.2, -0.15) is 0 Å². The first kappa shape index (κ1) is 33.9. The lowest BCUT2D eigenvalue weighted by atomic mass is 9.93. The van der Waals surface area contributed by atoms with Crippen LogP contribution in [0.25, 0.3) is 10.8 Å². The quantitative estimate of drug-likeness (QED) is 0.257. The maximum atomic E-state index is 14.1. The second kappa shape index (κ2) is 16.0. The molecule has 2 aliphatic heterocycles. The molecular weight excluding hydrogens is 604 g/mol. The lowest BCUT2D eigenvalue weighted by Gasteiger charge is -2.35. The van der Waals surface area contributed by atoms with Crippen molar-refractivity contribution in [3.63, 3.8) is 0 Å². The minimum atomic E-state index is -1.07. The molecule has 0 bridgehead atoms. The van der Waals surface area contributed by atoms with Crippen LogP contribution in [0.2, 0.25) is 0 Å². The molecule has 2 heterocycles. The first-order chi connectivity index (χ1) is 23.4. The Morgan fingerprint density at radius 2 is 1.60 bits per heavy atom. The number of nitrogens with one attached hydrogen (secondary N) is 3. The number of benzene rings is 3. The van der Waals surface area contributed by atoms with E-state index in [0.29, 0.717) is 37.3 Å². The number of piperidine rings is 1. The number of fused-ring (bicyclic) bond motifs is 1. The summed E-state index contributed by atoms with van der Waals surface area (Å²) in [5, 5.41) is 11.3. The number of hydrogen-bond donors (Lipinski definition) is 3. The highest BCUT2D eigenvalue weighted by atomic mass is 16.5. The van der Waals surface area contributed by atoms with E-state index in [1.807, 2.05) is 60.7 Å². The second-order valence-corrected chi connectivity index (χ2v) is 13.9. The summed E-state index contributed by atoms with van der Waals surface area (Å²) in [7, 11) is 1.63. The van der Waals surface area contributed by atoms with Crippen LogP contribution in [-0.2, 0) is 20.7 Å². The highest BCUT2D eigenvalue weighted by Crippen LogP contribution is 2.31. The zero-order valence-electron chi connectivity index (χ0n) is 28.2.